The molecule has 0 unspecified atom stereocenters. The smallest absolute Gasteiger partial charge is 0.0485 e. The molecule has 0 radical (unpaired) electrons. The van der Waals surface area contributed by atoms with Gasteiger partial charge in [-0.05, 0) is 48.7 Å². The molecule has 0 saturated carbocycles. The zero-order valence-corrected chi connectivity index (χ0v) is 12.4. The van der Waals surface area contributed by atoms with E-state index in [2.05, 4.69) is 54.3 Å². The average Bonchev–Trinajstić information content (AvgIpc) is 2.81. The maximum Gasteiger partial charge on any atom is 0.0485 e. The summed E-state index contributed by atoms with van der Waals surface area (Å²) in [6, 6.07) is 8.38. The Morgan fingerprint density at radius 3 is 2.84 bits per heavy atom. The van der Waals surface area contributed by atoms with Crippen molar-refractivity contribution in [2.45, 2.75) is 33.4 Å². The molecule has 19 heavy (non-hydrogen) atoms. The van der Waals surface area contributed by atoms with Gasteiger partial charge in [0.1, 0.15) is 0 Å². The number of aromatic nitrogens is 1. The molecule has 2 aromatic rings. The van der Waals surface area contributed by atoms with Crippen LogP contribution in [0.3, 0.4) is 0 Å². The monoisotopic (exact) mass is 276 g/mol. The van der Waals surface area contributed by atoms with Gasteiger partial charge in [-0.25, -0.2) is 0 Å². The van der Waals surface area contributed by atoms with Crippen molar-refractivity contribution in [2.75, 3.05) is 6.54 Å². The summed E-state index contributed by atoms with van der Waals surface area (Å²) in [4.78, 5) is 0. The second-order valence-electron chi connectivity index (χ2n) is 4.96. The molecule has 102 valence electrons. The third-order valence-corrected chi connectivity index (χ3v) is 3.48. The zero-order chi connectivity index (χ0) is 13.7. The average molecular weight is 277 g/mol. The van der Waals surface area contributed by atoms with Crippen LogP contribution < -0.4 is 5.32 Å². The van der Waals surface area contributed by atoms with Crippen LogP contribution >= 0.6 is 11.6 Å². The van der Waals surface area contributed by atoms with Gasteiger partial charge in [-0.15, -0.1) is 0 Å². The minimum absolute atomic E-state index is 0.826. The normalized spacial score (nSPS) is 10.9. The van der Waals surface area contributed by atoms with Crippen LogP contribution in [-0.2, 0) is 13.1 Å². The molecule has 1 aromatic carbocycles. The highest BCUT2D eigenvalue weighted by Crippen LogP contribution is 2.19. The van der Waals surface area contributed by atoms with E-state index in [1.165, 1.54) is 17.5 Å². The highest BCUT2D eigenvalue weighted by atomic mass is 35.5. The Hall–Kier alpha value is -1.25. The summed E-state index contributed by atoms with van der Waals surface area (Å²) in [5.41, 5.74) is 3.68. The first-order valence-corrected chi connectivity index (χ1v) is 7.17. The van der Waals surface area contributed by atoms with Crippen LogP contribution in [-0.4, -0.2) is 11.1 Å². The Labute approximate surface area is 120 Å². The lowest BCUT2D eigenvalue weighted by Crippen LogP contribution is -2.13. The number of nitrogens with zero attached hydrogens (tertiary/aromatic N) is 1. The summed E-state index contributed by atoms with van der Waals surface area (Å²) in [5, 5.41) is 4.25. The number of hydrogen-bond donors (Lipinski definition) is 1. The summed E-state index contributed by atoms with van der Waals surface area (Å²) in [7, 11) is 0. The van der Waals surface area contributed by atoms with E-state index in [1.807, 2.05) is 6.07 Å². The van der Waals surface area contributed by atoms with Crippen molar-refractivity contribution in [3.8, 4) is 0 Å². The van der Waals surface area contributed by atoms with E-state index in [0.717, 1.165) is 30.2 Å². The van der Waals surface area contributed by atoms with Gasteiger partial charge in [0.25, 0.3) is 0 Å². The van der Waals surface area contributed by atoms with Crippen LogP contribution in [0.5, 0.6) is 0 Å². The number of hydrogen-bond acceptors (Lipinski definition) is 1. The summed E-state index contributed by atoms with van der Waals surface area (Å²) < 4.78 is 2.18. The molecular formula is C16H21ClN2. The van der Waals surface area contributed by atoms with Gasteiger partial charge in [0.2, 0.25) is 0 Å². The molecule has 0 aliphatic carbocycles. The van der Waals surface area contributed by atoms with Gasteiger partial charge in [0.15, 0.2) is 0 Å². The predicted octanol–water partition coefficient (Wildman–Crippen LogP) is 4.00. The molecule has 0 saturated heterocycles. The number of aryl methyl sites for hydroxylation is 1. The van der Waals surface area contributed by atoms with Gasteiger partial charge < -0.3 is 9.88 Å². The van der Waals surface area contributed by atoms with Crippen molar-refractivity contribution in [2.24, 2.45) is 0 Å². The number of nitrogens with one attached hydrogen (secondary N) is 1. The summed E-state index contributed by atoms with van der Waals surface area (Å²) in [6.07, 6.45) is 5.46. The molecule has 0 atom stereocenters. The Morgan fingerprint density at radius 1 is 1.26 bits per heavy atom. The SMILES string of the molecule is CCCNCc1ccn(Cc2ccc(C)cc2Cl)c1. The molecule has 0 amide bonds. The third-order valence-electron chi connectivity index (χ3n) is 3.13. The molecular weight excluding hydrogens is 256 g/mol. The first-order valence-electron chi connectivity index (χ1n) is 6.79. The fourth-order valence-corrected chi connectivity index (χ4v) is 2.38. The van der Waals surface area contributed by atoms with Crippen molar-refractivity contribution >= 4 is 11.6 Å². The quantitative estimate of drug-likeness (QED) is 0.789. The topological polar surface area (TPSA) is 17.0 Å². The third kappa shape index (κ3) is 4.12. The lowest BCUT2D eigenvalue weighted by molar-refractivity contribution is 0.673. The van der Waals surface area contributed by atoms with Crippen molar-refractivity contribution in [3.05, 3.63) is 58.4 Å². The predicted molar refractivity (Wildman–Crippen MR) is 81.7 cm³/mol. The molecule has 0 aliphatic heterocycles. The molecule has 0 spiro atoms. The van der Waals surface area contributed by atoms with Gasteiger partial charge in [-0.1, -0.05) is 30.7 Å². The van der Waals surface area contributed by atoms with Gasteiger partial charge in [0.05, 0.1) is 0 Å². The van der Waals surface area contributed by atoms with E-state index < -0.39 is 0 Å². The second kappa shape index (κ2) is 6.78. The Bertz CT molecular complexity index is 531. The van der Waals surface area contributed by atoms with Crippen molar-refractivity contribution in [1.82, 2.24) is 9.88 Å². The van der Waals surface area contributed by atoms with E-state index in [1.54, 1.807) is 0 Å². The van der Waals surface area contributed by atoms with Gasteiger partial charge in [-0.3, -0.25) is 0 Å². The Morgan fingerprint density at radius 2 is 2.11 bits per heavy atom. The van der Waals surface area contributed by atoms with Gasteiger partial charge >= 0.3 is 0 Å². The van der Waals surface area contributed by atoms with E-state index in [4.69, 9.17) is 11.6 Å². The first kappa shape index (κ1) is 14.2. The van der Waals surface area contributed by atoms with Crippen LogP contribution in [0.15, 0.2) is 36.7 Å². The van der Waals surface area contributed by atoms with E-state index in [0.29, 0.717) is 0 Å². The number of halogens is 1. The largest absolute Gasteiger partial charge is 0.350 e. The molecule has 1 aromatic heterocycles. The first-order chi connectivity index (χ1) is 9.19. The summed E-state index contributed by atoms with van der Waals surface area (Å²) in [5.74, 6) is 0. The lowest BCUT2D eigenvalue weighted by Gasteiger charge is -2.06. The summed E-state index contributed by atoms with van der Waals surface area (Å²) >= 11 is 6.26. The van der Waals surface area contributed by atoms with Crippen molar-refractivity contribution < 1.29 is 0 Å². The molecule has 1 N–H and O–H groups in total. The minimum Gasteiger partial charge on any atom is -0.350 e. The van der Waals surface area contributed by atoms with E-state index in [9.17, 15) is 0 Å². The number of benzene rings is 1. The maximum absolute atomic E-state index is 6.26. The van der Waals surface area contributed by atoms with Crippen LogP contribution in [0.25, 0.3) is 0 Å². The molecule has 0 fully saturated rings. The molecule has 0 bridgehead atoms. The van der Waals surface area contributed by atoms with Gasteiger partial charge in [-0.2, -0.15) is 0 Å². The van der Waals surface area contributed by atoms with Crippen LogP contribution in [0.1, 0.15) is 30.0 Å². The lowest BCUT2D eigenvalue weighted by atomic mass is 10.1. The van der Waals surface area contributed by atoms with Crippen molar-refractivity contribution in [3.63, 3.8) is 0 Å². The molecule has 2 nitrogen and oxygen atoms in total. The van der Waals surface area contributed by atoms with Crippen LogP contribution in [0, 0.1) is 6.92 Å². The highest BCUT2D eigenvalue weighted by Gasteiger charge is 2.02. The number of rotatable bonds is 6. The second-order valence-corrected chi connectivity index (χ2v) is 5.37. The summed E-state index contributed by atoms with van der Waals surface area (Å²) in [6.45, 7) is 7.06. The minimum atomic E-state index is 0.826. The van der Waals surface area contributed by atoms with E-state index in [-0.39, 0.29) is 0 Å². The molecule has 2 rings (SSSR count). The molecule has 1 heterocycles. The zero-order valence-electron chi connectivity index (χ0n) is 11.6. The van der Waals surface area contributed by atoms with Crippen LogP contribution in [0.2, 0.25) is 5.02 Å². The highest BCUT2D eigenvalue weighted by molar-refractivity contribution is 6.31. The molecule has 0 aliphatic rings. The maximum atomic E-state index is 6.26. The molecule has 3 heteroatoms. The van der Waals surface area contributed by atoms with E-state index >= 15 is 0 Å². The fraction of sp³-hybridized carbons (Fsp3) is 0.375. The van der Waals surface area contributed by atoms with Crippen molar-refractivity contribution in [1.29, 1.82) is 0 Å². The Kier molecular flexibility index (Phi) is 5.06. The standard InChI is InChI=1S/C16H21ClN2/c1-3-7-18-10-14-6-8-19(11-14)12-15-5-4-13(2)9-16(15)17/h4-6,8-9,11,18H,3,7,10,12H2,1-2H3. The fourth-order valence-electron chi connectivity index (χ4n) is 2.08. The van der Waals surface area contributed by atoms with Crippen LogP contribution in [0.4, 0.5) is 0 Å². The Balaban J connectivity index is 1.99. The van der Waals surface area contributed by atoms with Gasteiger partial charge in [0, 0.05) is 30.5 Å².